The second-order valence-electron chi connectivity index (χ2n) is 4.46. The van der Waals surface area contributed by atoms with Crippen LogP contribution in [0, 0.1) is 11.7 Å². The fourth-order valence-corrected chi connectivity index (χ4v) is 2.63. The maximum atomic E-state index is 13.7. The maximum absolute atomic E-state index is 13.7. The fourth-order valence-electron chi connectivity index (χ4n) is 2.30. The molecular formula is C13H17BrFNO. The molecule has 0 amide bonds. The quantitative estimate of drug-likeness (QED) is 0.923. The van der Waals surface area contributed by atoms with E-state index in [1.807, 2.05) is 19.2 Å². The first-order valence-electron chi connectivity index (χ1n) is 5.89. The maximum Gasteiger partial charge on any atom is 0.127 e. The molecule has 2 rings (SSSR count). The van der Waals surface area contributed by atoms with Gasteiger partial charge in [-0.25, -0.2) is 4.39 Å². The van der Waals surface area contributed by atoms with E-state index in [1.54, 1.807) is 0 Å². The molecule has 17 heavy (non-hydrogen) atoms. The van der Waals surface area contributed by atoms with Crippen molar-refractivity contribution in [2.75, 3.05) is 20.3 Å². The average molecular weight is 302 g/mol. The van der Waals surface area contributed by atoms with Crippen molar-refractivity contribution < 1.29 is 9.13 Å². The summed E-state index contributed by atoms with van der Waals surface area (Å²) in [5.74, 6) is 0.349. The third-order valence-corrected chi connectivity index (χ3v) is 3.85. The molecule has 1 saturated heterocycles. The number of hydrogen-bond donors (Lipinski definition) is 1. The Kier molecular flexibility index (Phi) is 4.54. The molecule has 0 aromatic heterocycles. The lowest BCUT2D eigenvalue weighted by Crippen LogP contribution is -2.36. The fraction of sp³-hybridized carbons (Fsp3) is 0.538. The standard InChI is InChI=1S/C13H17BrFNO/c1-16-13(10-4-5-17-8-10)6-9-2-3-11(14)7-12(9)15/h2-3,7,10,13,16H,4-6,8H2,1H3. The first kappa shape index (κ1) is 13.0. The molecule has 0 radical (unpaired) electrons. The van der Waals surface area contributed by atoms with E-state index in [4.69, 9.17) is 4.74 Å². The van der Waals surface area contributed by atoms with Crippen LogP contribution in [-0.2, 0) is 11.2 Å². The molecule has 1 heterocycles. The minimum Gasteiger partial charge on any atom is -0.381 e. The number of ether oxygens (including phenoxy) is 1. The van der Waals surface area contributed by atoms with E-state index in [2.05, 4.69) is 21.2 Å². The molecule has 1 aliphatic rings. The van der Waals surface area contributed by atoms with Crippen molar-refractivity contribution in [2.45, 2.75) is 18.9 Å². The van der Waals surface area contributed by atoms with Gasteiger partial charge in [-0.3, -0.25) is 0 Å². The summed E-state index contributed by atoms with van der Waals surface area (Å²) in [6.07, 6.45) is 1.77. The van der Waals surface area contributed by atoms with Crippen LogP contribution in [0.15, 0.2) is 22.7 Å². The normalized spacial score (nSPS) is 21.7. The van der Waals surface area contributed by atoms with Gasteiger partial charge in [0.1, 0.15) is 5.82 Å². The molecule has 4 heteroatoms. The number of benzene rings is 1. The summed E-state index contributed by atoms with van der Waals surface area (Å²) < 4.78 is 19.9. The molecule has 0 saturated carbocycles. The van der Waals surface area contributed by atoms with Gasteiger partial charge in [0.05, 0.1) is 6.61 Å². The summed E-state index contributed by atoms with van der Waals surface area (Å²) in [6.45, 7) is 1.61. The van der Waals surface area contributed by atoms with Gasteiger partial charge in [0.25, 0.3) is 0 Å². The van der Waals surface area contributed by atoms with E-state index in [0.29, 0.717) is 12.3 Å². The Morgan fingerprint density at radius 3 is 3.00 bits per heavy atom. The highest BCUT2D eigenvalue weighted by molar-refractivity contribution is 9.10. The van der Waals surface area contributed by atoms with Crippen LogP contribution in [0.4, 0.5) is 4.39 Å². The average Bonchev–Trinajstić information content (AvgIpc) is 2.81. The van der Waals surface area contributed by atoms with Crippen LogP contribution in [0.25, 0.3) is 0 Å². The van der Waals surface area contributed by atoms with E-state index in [-0.39, 0.29) is 11.9 Å². The summed E-state index contributed by atoms with van der Waals surface area (Å²) in [4.78, 5) is 0. The summed E-state index contributed by atoms with van der Waals surface area (Å²) in [6, 6.07) is 5.54. The molecule has 1 N–H and O–H groups in total. The van der Waals surface area contributed by atoms with E-state index >= 15 is 0 Å². The lowest BCUT2D eigenvalue weighted by molar-refractivity contribution is 0.177. The zero-order valence-electron chi connectivity index (χ0n) is 9.88. The Balaban J connectivity index is 2.06. The van der Waals surface area contributed by atoms with Gasteiger partial charge in [-0.05, 0) is 37.6 Å². The highest BCUT2D eigenvalue weighted by Gasteiger charge is 2.25. The number of halogens is 2. The molecule has 1 aromatic rings. The van der Waals surface area contributed by atoms with E-state index in [1.165, 1.54) is 6.07 Å². The number of hydrogen-bond acceptors (Lipinski definition) is 2. The summed E-state index contributed by atoms with van der Waals surface area (Å²) in [7, 11) is 1.93. The van der Waals surface area contributed by atoms with Gasteiger partial charge in [-0.2, -0.15) is 0 Å². The van der Waals surface area contributed by atoms with Crippen molar-refractivity contribution in [2.24, 2.45) is 5.92 Å². The van der Waals surface area contributed by atoms with Crippen LogP contribution in [0.5, 0.6) is 0 Å². The smallest absolute Gasteiger partial charge is 0.127 e. The highest BCUT2D eigenvalue weighted by Crippen LogP contribution is 2.22. The largest absolute Gasteiger partial charge is 0.381 e. The van der Waals surface area contributed by atoms with E-state index in [0.717, 1.165) is 29.7 Å². The lowest BCUT2D eigenvalue weighted by atomic mass is 9.93. The van der Waals surface area contributed by atoms with Gasteiger partial charge in [0.2, 0.25) is 0 Å². The summed E-state index contributed by atoms with van der Waals surface area (Å²) in [5, 5.41) is 3.28. The number of rotatable bonds is 4. The van der Waals surface area contributed by atoms with Gasteiger partial charge in [0, 0.05) is 23.0 Å². The molecule has 2 atom stereocenters. The third kappa shape index (κ3) is 3.27. The van der Waals surface area contributed by atoms with Crippen LogP contribution in [0.2, 0.25) is 0 Å². The predicted molar refractivity (Wildman–Crippen MR) is 69.6 cm³/mol. The van der Waals surface area contributed by atoms with Crippen molar-refractivity contribution >= 4 is 15.9 Å². The van der Waals surface area contributed by atoms with E-state index < -0.39 is 0 Å². The molecule has 0 spiro atoms. The molecular weight excluding hydrogens is 285 g/mol. The molecule has 1 aromatic carbocycles. The Labute approximate surface area is 110 Å². The lowest BCUT2D eigenvalue weighted by Gasteiger charge is -2.22. The van der Waals surface area contributed by atoms with E-state index in [9.17, 15) is 4.39 Å². The predicted octanol–water partition coefficient (Wildman–Crippen LogP) is 2.76. The van der Waals surface area contributed by atoms with Crippen LogP contribution in [0.3, 0.4) is 0 Å². The molecule has 2 nitrogen and oxygen atoms in total. The monoisotopic (exact) mass is 301 g/mol. The number of nitrogens with one attached hydrogen (secondary N) is 1. The number of likely N-dealkylation sites (N-methyl/N-ethyl adjacent to an activating group) is 1. The van der Waals surface area contributed by atoms with Gasteiger partial charge in [-0.15, -0.1) is 0 Å². The third-order valence-electron chi connectivity index (χ3n) is 3.36. The van der Waals surface area contributed by atoms with Gasteiger partial charge in [-0.1, -0.05) is 22.0 Å². The molecule has 1 fully saturated rings. The minimum absolute atomic E-state index is 0.140. The Bertz CT molecular complexity index is 380. The molecule has 94 valence electrons. The second kappa shape index (κ2) is 5.94. The minimum atomic E-state index is -0.140. The van der Waals surface area contributed by atoms with Gasteiger partial charge >= 0.3 is 0 Å². The second-order valence-corrected chi connectivity index (χ2v) is 5.37. The van der Waals surface area contributed by atoms with Gasteiger partial charge < -0.3 is 10.1 Å². The Morgan fingerprint density at radius 1 is 1.59 bits per heavy atom. The first-order valence-corrected chi connectivity index (χ1v) is 6.69. The molecule has 1 aliphatic heterocycles. The van der Waals surface area contributed by atoms with Crippen LogP contribution < -0.4 is 5.32 Å². The van der Waals surface area contributed by atoms with Gasteiger partial charge in [0.15, 0.2) is 0 Å². The first-order chi connectivity index (χ1) is 8.20. The van der Waals surface area contributed by atoms with Crippen molar-refractivity contribution in [3.63, 3.8) is 0 Å². The summed E-state index contributed by atoms with van der Waals surface area (Å²) >= 11 is 3.27. The Hall–Kier alpha value is -0.450. The SMILES string of the molecule is CNC(Cc1ccc(Br)cc1F)C1CCOC1. The molecule has 2 unspecified atom stereocenters. The highest BCUT2D eigenvalue weighted by atomic mass is 79.9. The van der Waals surface area contributed by atoms with Crippen molar-refractivity contribution in [3.8, 4) is 0 Å². The topological polar surface area (TPSA) is 21.3 Å². The molecule has 0 bridgehead atoms. The van der Waals surface area contributed by atoms with Crippen molar-refractivity contribution in [1.29, 1.82) is 0 Å². The van der Waals surface area contributed by atoms with Crippen molar-refractivity contribution in [1.82, 2.24) is 5.32 Å². The zero-order chi connectivity index (χ0) is 12.3. The summed E-state index contributed by atoms with van der Waals surface area (Å²) in [5.41, 5.74) is 0.763. The van der Waals surface area contributed by atoms with Crippen LogP contribution in [0.1, 0.15) is 12.0 Å². The van der Waals surface area contributed by atoms with Crippen LogP contribution >= 0.6 is 15.9 Å². The Morgan fingerprint density at radius 2 is 2.41 bits per heavy atom. The zero-order valence-corrected chi connectivity index (χ0v) is 11.5. The van der Waals surface area contributed by atoms with Crippen molar-refractivity contribution in [3.05, 3.63) is 34.1 Å². The van der Waals surface area contributed by atoms with Crippen LogP contribution in [-0.4, -0.2) is 26.3 Å². The molecule has 0 aliphatic carbocycles.